The highest BCUT2D eigenvalue weighted by Gasteiger charge is 2.20. The summed E-state index contributed by atoms with van der Waals surface area (Å²) in [4.78, 5) is 13.5. The van der Waals surface area contributed by atoms with Gasteiger partial charge in [0.15, 0.2) is 5.96 Å². The molecule has 0 atom stereocenters. The number of aromatic nitrogens is 1. The molecule has 1 fully saturated rings. The average Bonchev–Trinajstić information content (AvgIpc) is 2.70. The van der Waals surface area contributed by atoms with Crippen LogP contribution in [-0.4, -0.2) is 56.2 Å². The second kappa shape index (κ2) is 8.37. The molecule has 1 aliphatic heterocycles. The molecular weight excluding hydrogens is 314 g/mol. The summed E-state index contributed by atoms with van der Waals surface area (Å²) in [5.74, 6) is 2.86. The third-order valence-electron chi connectivity index (χ3n) is 4.37. The summed E-state index contributed by atoms with van der Waals surface area (Å²) in [7, 11) is 3.52. The minimum Gasteiger partial charge on any atom is -0.497 e. The number of hydrogen-bond donors (Lipinski definition) is 1. The Balaban J connectivity index is 1.52. The number of ether oxygens (including phenoxy) is 1. The largest absolute Gasteiger partial charge is 0.497 e. The van der Waals surface area contributed by atoms with E-state index in [0.29, 0.717) is 0 Å². The average molecular weight is 339 g/mol. The van der Waals surface area contributed by atoms with Gasteiger partial charge in [-0.25, -0.2) is 4.98 Å². The third kappa shape index (κ3) is 4.41. The number of anilines is 1. The summed E-state index contributed by atoms with van der Waals surface area (Å²) in [6.07, 6.45) is 1.84. The van der Waals surface area contributed by atoms with Gasteiger partial charge in [0.2, 0.25) is 0 Å². The summed E-state index contributed by atoms with van der Waals surface area (Å²) >= 11 is 0. The summed E-state index contributed by atoms with van der Waals surface area (Å²) in [5.41, 5.74) is 1.20. The molecule has 132 valence electrons. The van der Waals surface area contributed by atoms with Crippen molar-refractivity contribution in [2.45, 2.75) is 6.54 Å². The molecule has 1 aromatic heterocycles. The lowest BCUT2D eigenvalue weighted by Gasteiger charge is -2.37. The SMILES string of the molecule is CN=C(NCc1ccc(OC)cc1)N1CCN(c2ccccn2)CC1. The third-order valence-corrected chi connectivity index (χ3v) is 4.37. The van der Waals surface area contributed by atoms with Crippen LogP contribution in [0.3, 0.4) is 0 Å². The Morgan fingerprint density at radius 1 is 1.12 bits per heavy atom. The maximum Gasteiger partial charge on any atom is 0.194 e. The van der Waals surface area contributed by atoms with E-state index in [2.05, 4.69) is 43.3 Å². The van der Waals surface area contributed by atoms with Crippen LogP contribution in [0, 0.1) is 0 Å². The van der Waals surface area contributed by atoms with Crippen LogP contribution in [0.2, 0.25) is 0 Å². The molecule has 1 aliphatic rings. The van der Waals surface area contributed by atoms with E-state index in [4.69, 9.17) is 4.74 Å². The van der Waals surface area contributed by atoms with Crippen molar-refractivity contribution in [1.29, 1.82) is 0 Å². The Morgan fingerprint density at radius 3 is 2.48 bits per heavy atom. The van der Waals surface area contributed by atoms with Gasteiger partial charge in [0.05, 0.1) is 7.11 Å². The van der Waals surface area contributed by atoms with Gasteiger partial charge >= 0.3 is 0 Å². The number of nitrogens with one attached hydrogen (secondary N) is 1. The molecule has 0 saturated carbocycles. The van der Waals surface area contributed by atoms with Crippen molar-refractivity contribution < 1.29 is 4.74 Å². The number of hydrogen-bond acceptors (Lipinski definition) is 4. The first-order valence-corrected chi connectivity index (χ1v) is 8.54. The van der Waals surface area contributed by atoms with E-state index in [1.165, 1.54) is 5.56 Å². The molecule has 3 rings (SSSR count). The molecule has 0 amide bonds. The molecule has 6 heteroatoms. The Morgan fingerprint density at radius 2 is 1.88 bits per heavy atom. The van der Waals surface area contributed by atoms with Gasteiger partial charge in [-0.1, -0.05) is 18.2 Å². The zero-order chi connectivity index (χ0) is 17.5. The molecule has 0 aliphatic carbocycles. The predicted octanol–water partition coefficient (Wildman–Crippen LogP) is 1.99. The van der Waals surface area contributed by atoms with Gasteiger partial charge in [0.25, 0.3) is 0 Å². The number of rotatable bonds is 4. The van der Waals surface area contributed by atoms with Gasteiger partial charge in [-0.15, -0.1) is 0 Å². The first kappa shape index (κ1) is 17.1. The van der Waals surface area contributed by atoms with Crippen LogP contribution in [0.15, 0.2) is 53.7 Å². The fourth-order valence-corrected chi connectivity index (χ4v) is 2.94. The number of guanidine groups is 1. The second-order valence-corrected chi connectivity index (χ2v) is 5.91. The van der Waals surface area contributed by atoms with Crippen LogP contribution in [0.5, 0.6) is 5.75 Å². The molecule has 0 radical (unpaired) electrons. The van der Waals surface area contributed by atoms with Crippen LogP contribution in [0.4, 0.5) is 5.82 Å². The standard InChI is InChI=1S/C19H25N5O/c1-20-19(22-15-16-6-8-17(25-2)9-7-16)24-13-11-23(12-14-24)18-5-3-4-10-21-18/h3-10H,11-15H2,1-2H3,(H,20,22). The lowest BCUT2D eigenvalue weighted by atomic mass is 10.2. The Kier molecular flexibility index (Phi) is 5.72. The molecule has 25 heavy (non-hydrogen) atoms. The molecule has 0 unspecified atom stereocenters. The molecule has 0 spiro atoms. The number of methoxy groups -OCH3 is 1. The fourth-order valence-electron chi connectivity index (χ4n) is 2.94. The summed E-state index contributed by atoms with van der Waals surface area (Å²) in [6, 6.07) is 14.1. The zero-order valence-corrected chi connectivity index (χ0v) is 14.9. The van der Waals surface area contributed by atoms with Gasteiger partial charge in [-0.05, 0) is 29.8 Å². The highest BCUT2D eigenvalue weighted by molar-refractivity contribution is 5.80. The molecule has 2 aromatic rings. The quantitative estimate of drug-likeness (QED) is 0.682. The highest BCUT2D eigenvalue weighted by Crippen LogP contribution is 2.13. The number of pyridine rings is 1. The fraction of sp³-hybridized carbons (Fsp3) is 0.368. The smallest absolute Gasteiger partial charge is 0.194 e. The van der Waals surface area contributed by atoms with Crippen molar-refractivity contribution in [2.24, 2.45) is 4.99 Å². The van der Waals surface area contributed by atoms with E-state index < -0.39 is 0 Å². The van der Waals surface area contributed by atoms with E-state index >= 15 is 0 Å². The maximum absolute atomic E-state index is 5.20. The van der Waals surface area contributed by atoms with E-state index in [0.717, 1.165) is 50.3 Å². The number of aliphatic imine (C=N–C) groups is 1. The van der Waals surface area contributed by atoms with Crippen LogP contribution in [0.25, 0.3) is 0 Å². The lowest BCUT2D eigenvalue weighted by molar-refractivity contribution is 0.371. The molecule has 1 N–H and O–H groups in total. The minimum absolute atomic E-state index is 0.747. The summed E-state index contributed by atoms with van der Waals surface area (Å²) in [5, 5.41) is 3.45. The number of piperazine rings is 1. The maximum atomic E-state index is 5.20. The molecular formula is C19H25N5O. The van der Waals surface area contributed by atoms with E-state index in [1.54, 1.807) is 7.11 Å². The lowest BCUT2D eigenvalue weighted by Crippen LogP contribution is -2.52. The first-order valence-electron chi connectivity index (χ1n) is 8.54. The van der Waals surface area contributed by atoms with Crippen molar-refractivity contribution in [2.75, 3.05) is 45.2 Å². The van der Waals surface area contributed by atoms with E-state index in [-0.39, 0.29) is 0 Å². The number of nitrogens with zero attached hydrogens (tertiary/aromatic N) is 4. The van der Waals surface area contributed by atoms with Crippen LogP contribution < -0.4 is 15.0 Å². The van der Waals surface area contributed by atoms with Gasteiger partial charge < -0.3 is 19.9 Å². The molecule has 6 nitrogen and oxygen atoms in total. The van der Waals surface area contributed by atoms with Crippen molar-refractivity contribution in [3.05, 3.63) is 54.2 Å². The normalized spacial score (nSPS) is 15.2. The van der Waals surface area contributed by atoms with Gasteiger partial charge in [0, 0.05) is 46.0 Å². The Bertz CT molecular complexity index is 679. The summed E-state index contributed by atoms with van der Waals surface area (Å²) in [6.45, 7) is 4.50. The Labute approximate surface area is 149 Å². The van der Waals surface area contributed by atoms with E-state index in [9.17, 15) is 0 Å². The molecule has 2 heterocycles. The minimum atomic E-state index is 0.747. The highest BCUT2D eigenvalue weighted by atomic mass is 16.5. The van der Waals surface area contributed by atoms with Crippen molar-refractivity contribution in [3.8, 4) is 5.75 Å². The topological polar surface area (TPSA) is 53.0 Å². The predicted molar refractivity (Wildman–Crippen MR) is 101 cm³/mol. The van der Waals surface area contributed by atoms with Crippen LogP contribution >= 0.6 is 0 Å². The van der Waals surface area contributed by atoms with Gasteiger partial charge in [-0.2, -0.15) is 0 Å². The summed E-state index contributed by atoms with van der Waals surface area (Å²) < 4.78 is 5.20. The molecule has 1 saturated heterocycles. The molecule has 1 aromatic carbocycles. The van der Waals surface area contributed by atoms with Crippen molar-refractivity contribution in [3.63, 3.8) is 0 Å². The van der Waals surface area contributed by atoms with Crippen molar-refractivity contribution >= 4 is 11.8 Å². The monoisotopic (exact) mass is 339 g/mol. The first-order chi connectivity index (χ1) is 12.3. The number of benzene rings is 1. The van der Waals surface area contributed by atoms with Gasteiger partial charge in [0.1, 0.15) is 11.6 Å². The van der Waals surface area contributed by atoms with E-state index in [1.807, 2.05) is 37.5 Å². The Hall–Kier alpha value is -2.76. The molecule has 0 bridgehead atoms. The zero-order valence-electron chi connectivity index (χ0n) is 14.9. The second-order valence-electron chi connectivity index (χ2n) is 5.91. The van der Waals surface area contributed by atoms with Crippen LogP contribution in [-0.2, 0) is 6.54 Å². The van der Waals surface area contributed by atoms with Crippen molar-refractivity contribution in [1.82, 2.24) is 15.2 Å². The van der Waals surface area contributed by atoms with Crippen LogP contribution in [0.1, 0.15) is 5.56 Å². The van der Waals surface area contributed by atoms with Gasteiger partial charge in [-0.3, -0.25) is 4.99 Å².